The van der Waals surface area contributed by atoms with Crippen molar-refractivity contribution in [2.45, 2.75) is 59.0 Å². The number of nitrogens with zero attached hydrogens (tertiary/aromatic N) is 1. The Morgan fingerprint density at radius 1 is 1.23 bits per heavy atom. The summed E-state index contributed by atoms with van der Waals surface area (Å²) >= 11 is 0. The number of carbonyl (C=O) groups excluding carboxylic acids is 2. The lowest BCUT2D eigenvalue weighted by atomic mass is 10.00. The summed E-state index contributed by atoms with van der Waals surface area (Å²) in [4.78, 5) is 26.5. The van der Waals surface area contributed by atoms with Gasteiger partial charge in [-0.15, -0.1) is 0 Å². The van der Waals surface area contributed by atoms with Crippen LogP contribution in [0.4, 0.5) is 0 Å². The first kappa shape index (κ1) is 20.4. The van der Waals surface area contributed by atoms with E-state index in [9.17, 15) is 9.59 Å². The lowest BCUT2D eigenvalue weighted by Crippen LogP contribution is -2.45. The van der Waals surface area contributed by atoms with Crippen LogP contribution in [0.2, 0.25) is 0 Å². The van der Waals surface area contributed by atoms with Crippen molar-refractivity contribution >= 4 is 11.8 Å². The van der Waals surface area contributed by atoms with Crippen molar-refractivity contribution in [3.63, 3.8) is 0 Å². The first-order valence-corrected chi connectivity index (χ1v) is 9.69. The molecule has 1 heterocycles. The van der Waals surface area contributed by atoms with E-state index in [0.717, 1.165) is 36.7 Å². The SMILES string of the molecule is CC(=O)NC(CC(=O)NC(C)CN1CCCC(C)C1)c1ccc(C)cc1. The van der Waals surface area contributed by atoms with Crippen LogP contribution < -0.4 is 10.6 Å². The minimum atomic E-state index is -0.296. The van der Waals surface area contributed by atoms with Crippen molar-refractivity contribution < 1.29 is 9.59 Å². The fraction of sp³-hybridized carbons (Fsp3) is 0.619. The van der Waals surface area contributed by atoms with E-state index in [2.05, 4.69) is 29.4 Å². The van der Waals surface area contributed by atoms with E-state index in [1.807, 2.05) is 31.2 Å². The molecule has 1 fully saturated rings. The second kappa shape index (κ2) is 9.72. The Morgan fingerprint density at radius 3 is 2.54 bits per heavy atom. The Morgan fingerprint density at radius 2 is 1.92 bits per heavy atom. The van der Waals surface area contributed by atoms with Gasteiger partial charge in [-0.25, -0.2) is 0 Å². The molecule has 0 radical (unpaired) electrons. The van der Waals surface area contributed by atoms with Gasteiger partial charge in [-0.2, -0.15) is 0 Å². The monoisotopic (exact) mass is 359 g/mol. The number of rotatable bonds is 7. The highest BCUT2D eigenvalue weighted by atomic mass is 16.2. The minimum Gasteiger partial charge on any atom is -0.352 e. The first-order valence-electron chi connectivity index (χ1n) is 9.69. The van der Waals surface area contributed by atoms with Crippen LogP contribution in [0.5, 0.6) is 0 Å². The van der Waals surface area contributed by atoms with Gasteiger partial charge in [0.15, 0.2) is 0 Å². The molecule has 1 aromatic carbocycles. The quantitative estimate of drug-likeness (QED) is 0.787. The number of benzene rings is 1. The van der Waals surface area contributed by atoms with Crippen molar-refractivity contribution in [1.29, 1.82) is 0 Å². The molecule has 5 heteroatoms. The summed E-state index contributed by atoms with van der Waals surface area (Å²) in [6.45, 7) is 10.9. The summed E-state index contributed by atoms with van der Waals surface area (Å²) < 4.78 is 0. The van der Waals surface area contributed by atoms with Crippen molar-refractivity contribution in [2.75, 3.05) is 19.6 Å². The first-order chi connectivity index (χ1) is 12.3. The molecular weight excluding hydrogens is 326 g/mol. The van der Waals surface area contributed by atoms with Crippen LogP contribution >= 0.6 is 0 Å². The Balaban J connectivity index is 1.89. The fourth-order valence-electron chi connectivity index (χ4n) is 3.70. The number of hydrogen-bond acceptors (Lipinski definition) is 3. The van der Waals surface area contributed by atoms with Crippen LogP contribution in [0.1, 0.15) is 57.2 Å². The Bertz CT molecular complexity index is 600. The van der Waals surface area contributed by atoms with Crippen molar-refractivity contribution in [3.05, 3.63) is 35.4 Å². The van der Waals surface area contributed by atoms with Gasteiger partial charge >= 0.3 is 0 Å². The van der Waals surface area contributed by atoms with Crippen molar-refractivity contribution in [2.24, 2.45) is 5.92 Å². The number of piperidine rings is 1. The largest absolute Gasteiger partial charge is 0.352 e. The van der Waals surface area contributed by atoms with E-state index >= 15 is 0 Å². The molecule has 1 saturated heterocycles. The molecule has 1 aromatic rings. The number of aryl methyl sites for hydroxylation is 1. The van der Waals surface area contributed by atoms with Gasteiger partial charge in [0.05, 0.1) is 12.5 Å². The molecule has 0 aliphatic carbocycles. The maximum absolute atomic E-state index is 12.5. The summed E-state index contributed by atoms with van der Waals surface area (Å²) in [5, 5.41) is 5.99. The third kappa shape index (κ3) is 6.79. The maximum atomic E-state index is 12.5. The summed E-state index contributed by atoms with van der Waals surface area (Å²) in [6.07, 6.45) is 2.79. The molecule has 26 heavy (non-hydrogen) atoms. The second-order valence-electron chi connectivity index (χ2n) is 7.84. The number of hydrogen-bond donors (Lipinski definition) is 2. The molecule has 2 amide bonds. The molecule has 5 nitrogen and oxygen atoms in total. The molecule has 3 unspecified atom stereocenters. The zero-order chi connectivity index (χ0) is 19.1. The van der Waals surface area contributed by atoms with Crippen LogP contribution in [0.15, 0.2) is 24.3 Å². The average molecular weight is 360 g/mol. The van der Waals surface area contributed by atoms with E-state index in [-0.39, 0.29) is 30.3 Å². The van der Waals surface area contributed by atoms with Gasteiger partial charge in [-0.1, -0.05) is 36.8 Å². The molecule has 0 aromatic heterocycles. The zero-order valence-electron chi connectivity index (χ0n) is 16.5. The van der Waals surface area contributed by atoms with E-state index in [1.54, 1.807) is 0 Å². The van der Waals surface area contributed by atoms with Crippen molar-refractivity contribution in [1.82, 2.24) is 15.5 Å². The van der Waals surface area contributed by atoms with Gasteiger partial charge in [-0.3, -0.25) is 9.59 Å². The van der Waals surface area contributed by atoms with Crippen LogP contribution in [-0.4, -0.2) is 42.4 Å². The fourth-order valence-corrected chi connectivity index (χ4v) is 3.70. The van der Waals surface area contributed by atoms with Crippen molar-refractivity contribution in [3.8, 4) is 0 Å². The Hall–Kier alpha value is -1.88. The maximum Gasteiger partial charge on any atom is 0.222 e. The van der Waals surface area contributed by atoms with Gasteiger partial charge in [0.1, 0.15) is 0 Å². The zero-order valence-corrected chi connectivity index (χ0v) is 16.5. The average Bonchev–Trinajstić information content (AvgIpc) is 2.54. The predicted molar refractivity (Wildman–Crippen MR) is 105 cm³/mol. The highest BCUT2D eigenvalue weighted by Gasteiger charge is 2.21. The lowest BCUT2D eigenvalue weighted by Gasteiger charge is -2.33. The smallest absolute Gasteiger partial charge is 0.222 e. The molecule has 0 saturated carbocycles. The normalized spacial score (nSPS) is 20.2. The number of amides is 2. The number of likely N-dealkylation sites (tertiary alicyclic amines) is 1. The Kier molecular flexibility index (Phi) is 7.64. The highest BCUT2D eigenvalue weighted by Crippen LogP contribution is 2.18. The van der Waals surface area contributed by atoms with Gasteiger partial charge in [0, 0.05) is 26.1 Å². The van der Waals surface area contributed by atoms with Gasteiger partial charge < -0.3 is 15.5 Å². The molecule has 3 atom stereocenters. The number of nitrogens with one attached hydrogen (secondary N) is 2. The van der Waals surface area contributed by atoms with Crippen LogP contribution in [0.3, 0.4) is 0 Å². The molecular formula is C21H33N3O2. The van der Waals surface area contributed by atoms with Crippen LogP contribution in [-0.2, 0) is 9.59 Å². The molecule has 1 aliphatic rings. The van der Waals surface area contributed by atoms with Crippen LogP contribution in [0, 0.1) is 12.8 Å². The van der Waals surface area contributed by atoms with E-state index < -0.39 is 0 Å². The van der Waals surface area contributed by atoms with Gasteiger partial charge in [0.2, 0.25) is 11.8 Å². The predicted octanol–water partition coefficient (Wildman–Crippen LogP) is 2.80. The second-order valence-corrected chi connectivity index (χ2v) is 7.84. The molecule has 144 valence electrons. The third-order valence-electron chi connectivity index (χ3n) is 4.93. The van der Waals surface area contributed by atoms with Gasteiger partial charge in [-0.05, 0) is 44.7 Å². The highest BCUT2D eigenvalue weighted by molar-refractivity contribution is 5.79. The summed E-state index contributed by atoms with van der Waals surface area (Å²) in [5.41, 5.74) is 2.11. The molecule has 2 N–H and O–H groups in total. The Labute approximate surface area is 157 Å². The third-order valence-corrected chi connectivity index (χ3v) is 4.93. The standard InChI is InChI=1S/C21H33N3O2/c1-15-7-9-19(10-8-15)20(23-18(4)25)12-21(26)22-17(3)14-24-11-5-6-16(2)13-24/h7-10,16-17,20H,5-6,11-14H2,1-4H3,(H,22,26)(H,23,25). The summed E-state index contributed by atoms with van der Waals surface area (Å²) in [5.74, 6) is 0.581. The topological polar surface area (TPSA) is 61.4 Å². The summed E-state index contributed by atoms with van der Waals surface area (Å²) in [7, 11) is 0. The molecule has 0 spiro atoms. The molecule has 2 rings (SSSR count). The summed E-state index contributed by atoms with van der Waals surface area (Å²) in [6, 6.07) is 7.76. The molecule has 0 bridgehead atoms. The van der Waals surface area contributed by atoms with E-state index in [1.165, 1.54) is 19.8 Å². The van der Waals surface area contributed by atoms with E-state index in [4.69, 9.17) is 0 Å². The van der Waals surface area contributed by atoms with Gasteiger partial charge in [0.25, 0.3) is 0 Å². The van der Waals surface area contributed by atoms with E-state index in [0.29, 0.717) is 0 Å². The molecule has 1 aliphatic heterocycles. The lowest BCUT2D eigenvalue weighted by molar-refractivity contribution is -0.123. The number of carbonyl (C=O) groups is 2. The van der Waals surface area contributed by atoms with Crippen LogP contribution in [0.25, 0.3) is 0 Å². The minimum absolute atomic E-state index is 0.0260.